The molecule has 1 unspecified atom stereocenters. The second kappa shape index (κ2) is 11.2. The van der Waals surface area contributed by atoms with Crippen molar-refractivity contribution in [2.45, 2.75) is 39.3 Å². The van der Waals surface area contributed by atoms with Crippen molar-refractivity contribution < 1.29 is 19.3 Å². The molecule has 0 saturated heterocycles. The second-order valence-electron chi connectivity index (χ2n) is 8.69. The molecule has 0 bridgehead atoms. The van der Waals surface area contributed by atoms with Gasteiger partial charge in [0.2, 0.25) is 6.79 Å². The lowest BCUT2D eigenvalue weighted by Crippen LogP contribution is -2.35. The third-order valence-electron chi connectivity index (χ3n) is 5.79. The number of allylic oxidation sites excluding steroid dienone is 1. The summed E-state index contributed by atoms with van der Waals surface area (Å²) < 4.78 is 17.0. The first kappa shape index (κ1) is 23.9. The first-order chi connectivity index (χ1) is 16.5. The molecule has 0 spiro atoms. The van der Waals surface area contributed by atoms with Crippen LogP contribution in [0.5, 0.6) is 17.2 Å². The van der Waals surface area contributed by atoms with E-state index in [-0.39, 0.29) is 13.4 Å². The maximum absolute atomic E-state index is 10.1. The van der Waals surface area contributed by atoms with Gasteiger partial charge in [-0.1, -0.05) is 69.3 Å². The molecule has 0 aliphatic carbocycles. The molecule has 2 N–H and O–H groups in total. The van der Waals surface area contributed by atoms with Gasteiger partial charge >= 0.3 is 0 Å². The van der Waals surface area contributed by atoms with Gasteiger partial charge in [0, 0.05) is 12.6 Å². The van der Waals surface area contributed by atoms with Crippen LogP contribution in [0.2, 0.25) is 0 Å². The number of nitrogens with one attached hydrogen (secondary N) is 1. The summed E-state index contributed by atoms with van der Waals surface area (Å²) in [4.78, 5) is 0. The maximum atomic E-state index is 10.1. The summed E-state index contributed by atoms with van der Waals surface area (Å²) in [6.45, 7) is 7.30. The summed E-state index contributed by atoms with van der Waals surface area (Å²) >= 11 is 0. The minimum Gasteiger partial charge on any atom is -0.491 e. The zero-order chi connectivity index (χ0) is 23.9. The number of rotatable bonds is 10. The lowest BCUT2D eigenvalue weighted by molar-refractivity contribution is 0.104. The molecule has 1 aliphatic heterocycles. The fraction of sp³-hybridized carbons (Fsp3) is 0.310. The van der Waals surface area contributed by atoms with E-state index < -0.39 is 6.10 Å². The van der Waals surface area contributed by atoms with Crippen LogP contribution in [-0.4, -0.2) is 37.2 Å². The van der Waals surface area contributed by atoms with Crippen molar-refractivity contribution in [3.05, 3.63) is 89.5 Å². The van der Waals surface area contributed by atoms with Crippen LogP contribution in [0.1, 0.15) is 43.9 Å². The van der Waals surface area contributed by atoms with Crippen LogP contribution < -0.4 is 19.5 Å². The molecule has 3 aromatic rings. The molecule has 5 heteroatoms. The quantitative estimate of drug-likeness (QED) is 0.391. The molecule has 1 heterocycles. The van der Waals surface area contributed by atoms with Gasteiger partial charge in [-0.25, -0.2) is 0 Å². The molecule has 178 valence electrons. The topological polar surface area (TPSA) is 60.0 Å². The zero-order valence-electron chi connectivity index (χ0n) is 20.1. The van der Waals surface area contributed by atoms with Gasteiger partial charge in [-0.3, -0.25) is 0 Å². The molecule has 34 heavy (non-hydrogen) atoms. The molecular formula is C29H33NO4. The van der Waals surface area contributed by atoms with E-state index in [1.807, 2.05) is 24.3 Å². The summed E-state index contributed by atoms with van der Waals surface area (Å²) in [7, 11) is 0. The first-order valence-electron chi connectivity index (χ1n) is 11.9. The summed E-state index contributed by atoms with van der Waals surface area (Å²) in [5, 5.41) is 13.4. The predicted molar refractivity (Wildman–Crippen MR) is 136 cm³/mol. The SMILES string of the molecule is CC/C(=C(\c1ccccc1)c1ccc(OCC(O)CNC(C)C)cc1)c1ccc2c(c1)OCO2. The van der Waals surface area contributed by atoms with E-state index in [1.54, 1.807) is 0 Å². The van der Waals surface area contributed by atoms with E-state index in [4.69, 9.17) is 14.2 Å². The molecule has 0 radical (unpaired) electrons. The lowest BCUT2D eigenvalue weighted by Gasteiger charge is -2.18. The average Bonchev–Trinajstić information content (AvgIpc) is 3.33. The maximum Gasteiger partial charge on any atom is 0.231 e. The van der Waals surface area contributed by atoms with E-state index in [1.165, 1.54) is 11.1 Å². The van der Waals surface area contributed by atoms with Crippen molar-refractivity contribution in [3.63, 3.8) is 0 Å². The molecule has 0 fully saturated rings. The van der Waals surface area contributed by atoms with Crippen molar-refractivity contribution in [1.29, 1.82) is 0 Å². The Bertz CT molecular complexity index is 1110. The Morgan fingerprint density at radius 2 is 1.59 bits per heavy atom. The highest BCUT2D eigenvalue weighted by molar-refractivity contribution is 5.98. The van der Waals surface area contributed by atoms with Crippen LogP contribution in [0.4, 0.5) is 0 Å². The van der Waals surface area contributed by atoms with Crippen LogP contribution in [0.3, 0.4) is 0 Å². The summed E-state index contributed by atoms with van der Waals surface area (Å²) in [6, 6.07) is 25.0. The summed E-state index contributed by atoms with van der Waals surface area (Å²) in [5.41, 5.74) is 5.78. The van der Waals surface area contributed by atoms with Crippen LogP contribution in [-0.2, 0) is 0 Å². The molecule has 1 aliphatic rings. The van der Waals surface area contributed by atoms with Crippen molar-refractivity contribution in [2.24, 2.45) is 0 Å². The van der Waals surface area contributed by atoms with E-state index in [0.717, 1.165) is 40.4 Å². The molecule has 0 saturated carbocycles. The molecule has 0 aromatic heterocycles. The molecule has 4 rings (SSSR count). The fourth-order valence-corrected chi connectivity index (χ4v) is 4.07. The van der Waals surface area contributed by atoms with E-state index >= 15 is 0 Å². The minimum atomic E-state index is -0.556. The third-order valence-corrected chi connectivity index (χ3v) is 5.79. The molecule has 3 aromatic carbocycles. The highest BCUT2D eigenvalue weighted by Gasteiger charge is 2.18. The van der Waals surface area contributed by atoms with Gasteiger partial charge in [-0.2, -0.15) is 0 Å². The average molecular weight is 460 g/mol. The minimum absolute atomic E-state index is 0.248. The number of aliphatic hydroxyl groups excluding tert-OH is 1. The Morgan fingerprint density at radius 1 is 0.912 bits per heavy atom. The highest BCUT2D eigenvalue weighted by atomic mass is 16.7. The number of aliphatic hydroxyl groups is 1. The standard InChI is InChI=1S/C29H33NO4/c1-4-26(23-12-15-27-28(16-23)34-19-33-27)29(21-8-6-5-7-9-21)22-10-13-25(14-11-22)32-18-24(31)17-30-20(2)3/h5-16,20,24,30-31H,4,17-19H2,1-3H3/b29-26-. The van der Waals surface area contributed by atoms with Gasteiger partial charge in [-0.05, 0) is 58.5 Å². The Hall–Kier alpha value is -3.28. The van der Waals surface area contributed by atoms with Crippen molar-refractivity contribution >= 4 is 11.1 Å². The Kier molecular flexibility index (Phi) is 7.88. The normalized spacial score (nSPS) is 14.1. The number of fused-ring (bicyclic) bond motifs is 1. The molecule has 1 atom stereocenters. The Morgan fingerprint density at radius 3 is 2.29 bits per heavy atom. The summed E-state index contributed by atoms with van der Waals surface area (Å²) in [6.07, 6.45) is 0.302. The van der Waals surface area contributed by atoms with Crippen molar-refractivity contribution in [2.75, 3.05) is 19.9 Å². The van der Waals surface area contributed by atoms with Gasteiger partial charge in [0.05, 0.1) is 0 Å². The smallest absolute Gasteiger partial charge is 0.231 e. The monoisotopic (exact) mass is 459 g/mol. The number of ether oxygens (including phenoxy) is 3. The lowest BCUT2D eigenvalue weighted by atomic mass is 9.88. The number of hydrogen-bond donors (Lipinski definition) is 2. The van der Waals surface area contributed by atoms with Gasteiger partial charge < -0.3 is 24.6 Å². The largest absolute Gasteiger partial charge is 0.491 e. The molecular weight excluding hydrogens is 426 g/mol. The van der Waals surface area contributed by atoms with Gasteiger partial charge in [0.1, 0.15) is 18.5 Å². The summed E-state index contributed by atoms with van der Waals surface area (Å²) in [5.74, 6) is 2.30. The van der Waals surface area contributed by atoms with Crippen LogP contribution in [0, 0.1) is 0 Å². The van der Waals surface area contributed by atoms with Crippen LogP contribution in [0.15, 0.2) is 72.8 Å². The van der Waals surface area contributed by atoms with Crippen molar-refractivity contribution in [3.8, 4) is 17.2 Å². The Balaban J connectivity index is 1.63. The second-order valence-corrected chi connectivity index (χ2v) is 8.69. The van der Waals surface area contributed by atoms with E-state index in [9.17, 15) is 5.11 Å². The number of benzene rings is 3. The van der Waals surface area contributed by atoms with E-state index in [0.29, 0.717) is 12.6 Å². The fourth-order valence-electron chi connectivity index (χ4n) is 4.07. The van der Waals surface area contributed by atoms with Crippen molar-refractivity contribution in [1.82, 2.24) is 5.32 Å². The first-order valence-corrected chi connectivity index (χ1v) is 11.9. The zero-order valence-corrected chi connectivity index (χ0v) is 20.1. The molecule has 5 nitrogen and oxygen atoms in total. The van der Waals surface area contributed by atoms with Gasteiger partial charge in [0.15, 0.2) is 11.5 Å². The van der Waals surface area contributed by atoms with Crippen LogP contribution in [0.25, 0.3) is 11.1 Å². The number of hydrogen-bond acceptors (Lipinski definition) is 5. The third kappa shape index (κ3) is 5.79. The highest BCUT2D eigenvalue weighted by Crippen LogP contribution is 2.39. The van der Waals surface area contributed by atoms with Gasteiger partial charge in [-0.15, -0.1) is 0 Å². The Labute approximate surface area is 202 Å². The van der Waals surface area contributed by atoms with Crippen LogP contribution >= 0.6 is 0 Å². The van der Waals surface area contributed by atoms with Gasteiger partial charge in [0.25, 0.3) is 0 Å². The molecule has 0 amide bonds. The van der Waals surface area contributed by atoms with E-state index in [2.05, 4.69) is 74.6 Å². The predicted octanol–water partition coefficient (Wildman–Crippen LogP) is 5.52.